The lowest BCUT2D eigenvalue weighted by Gasteiger charge is -2.11. The van der Waals surface area contributed by atoms with Gasteiger partial charge in [0.2, 0.25) is 0 Å². The molecule has 1 aromatic carbocycles. The van der Waals surface area contributed by atoms with Gasteiger partial charge in [-0.25, -0.2) is 13.9 Å². The monoisotopic (exact) mass is 475 g/mol. The summed E-state index contributed by atoms with van der Waals surface area (Å²) in [6.45, 7) is 2.19. The predicted octanol–water partition coefficient (Wildman–Crippen LogP) is 3.38. The first kappa shape index (κ1) is 22.9. The van der Waals surface area contributed by atoms with Gasteiger partial charge in [0.15, 0.2) is 22.7 Å². The number of aromatic nitrogens is 5. The summed E-state index contributed by atoms with van der Waals surface area (Å²) in [7, 11) is 1.39. The molecule has 2 amide bonds. The average Bonchev–Trinajstić information content (AvgIpc) is 3.41. The molecule has 4 rings (SSSR count). The number of hydrogen-bond donors (Lipinski definition) is 2. The Kier molecular flexibility index (Phi) is 5.77. The van der Waals surface area contributed by atoms with Crippen molar-refractivity contribution in [1.29, 1.82) is 0 Å². The Bertz CT molecular complexity index is 1390. The van der Waals surface area contributed by atoms with Crippen LogP contribution in [0.2, 0.25) is 0 Å². The summed E-state index contributed by atoms with van der Waals surface area (Å²) in [6.07, 6.45) is -3.39. The van der Waals surface area contributed by atoms with Gasteiger partial charge in [0.25, 0.3) is 11.8 Å². The Morgan fingerprint density at radius 1 is 1.06 bits per heavy atom. The van der Waals surface area contributed by atoms with Crippen LogP contribution in [0.25, 0.3) is 16.9 Å². The SMILES string of the molecule is CCn1cc(NC(=O)c2cc3nc(-c4ccc(F)cc4)cc(C(F)(F)F)n3n2)c(C(=O)NC)n1. The molecule has 0 saturated carbocycles. The fraction of sp³-hybridized carbons (Fsp3) is 0.190. The number of anilines is 1. The molecule has 0 atom stereocenters. The lowest BCUT2D eigenvalue weighted by Crippen LogP contribution is -2.22. The molecule has 9 nitrogen and oxygen atoms in total. The molecule has 0 aliphatic rings. The number of amides is 2. The molecule has 0 fully saturated rings. The van der Waals surface area contributed by atoms with Crippen molar-refractivity contribution in [2.24, 2.45) is 0 Å². The van der Waals surface area contributed by atoms with Crippen LogP contribution < -0.4 is 10.6 Å². The first-order chi connectivity index (χ1) is 16.1. The third-order valence-electron chi connectivity index (χ3n) is 4.87. The van der Waals surface area contributed by atoms with Crippen molar-refractivity contribution < 1.29 is 27.2 Å². The maximum absolute atomic E-state index is 13.8. The summed E-state index contributed by atoms with van der Waals surface area (Å²) >= 11 is 0. The van der Waals surface area contributed by atoms with Gasteiger partial charge in [0.1, 0.15) is 5.82 Å². The van der Waals surface area contributed by atoms with Crippen molar-refractivity contribution in [3.05, 3.63) is 65.5 Å². The number of fused-ring (bicyclic) bond motifs is 1. The molecular formula is C21H17F4N7O2. The van der Waals surface area contributed by atoms with Crippen LogP contribution in [-0.2, 0) is 12.7 Å². The molecule has 0 bridgehead atoms. The predicted molar refractivity (Wildman–Crippen MR) is 113 cm³/mol. The number of benzene rings is 1. The van der Waals surface area contributed by atoms with Crippen LogP contribution in [0, 0.1) is 5.82 Å². The number of carbonyl (C=O) groups is 2. The topological polar surface area (TPSA) is 106 Å². The van der Waals surface area contributed by atoms with Crippen molar-refractivity contribution in [1.82, 2.24) is 29.7 Å². The number of aryl methyl sites for hydroxylation is 1. The number of nitrogens with zero attached hydrogens (tertiary/aromatic N) is 5. The average molecular weight is 475 g/mol. The summed E-state index contributed by atoms with van der Waals surface area (Å²) in [4.78, 5) is 29.0. The Balaban J connectivity index is 1.76. The minimum atomic E-state index is -4.82. The van der Waals surface area contributed by atoms with Crippen LogP contribution in [0.5, 0.6) is 0 Å². The third kappa shape index (κ3) is 4.31. The van der Waals surface area contributed by atoms with Gasteiger partial charge in [-0.2, -0.15) is 23.4 Å². The Labute approximate surface area is 189 Å². The normalized spacial score (nSPS) is 11.6. The smallest absolute Gasteiger partial charge is 0.354 e. The number of carbonyl (C=O) groups excluding carboxylic acids is 2. The van der Waals surface area contributed by atoms with Crippen LogP contribution in [0.1, 0.15) is 33.6 Å². The highest BCUT2D eigenvalue weighted by Gasteiger charge is 2.35. The number of nitrogens with one attached hydrogen (secondary N) is 2. The summed E-state index contributed by atoms with van der Waals surface area (Å²) in [5.74, 6) is -1.96. The largest absolute Gasteiger partial charge is 0.433 e. The highest BCUT2D eigenvalue weighted by atomic mass is 19.4. The Morgan fingerprint density at radius 3 is 2.38 bits per heavy atom. The fourth-order valence-corrected chi connectivity index (χ4v) is 3.20. The zero-order chi connectivity index (χ0) is 24.6. The number of hydrogen-bond acceptors (Lipinski definition) is 5. The summed E-state index contributed by atoms with van der Waals surface area (Å²) in [5.41, 5.74) is -1.58. The number of halogens is 4. The van der Waals surface area contributed by atoms with Gasteiger partial charge in [0, 0.05) is 31.4 Å². The minimum Gasteiger partial charge on any atom is -0.354 e. The third-order valence-corrected chi connectivity index (χ3v) is 4.87. The standard InChI is InChI=1S/C21H17F4N7O2/c1-3-31-10-15(18(30-31)20(34)26-2)28-19(33)14-9-17-27-13(11-4-6-12(22)7-5-11)8-16(21(23,24)25)32(17)29-14/h4-10H,3H2,1-2H3,(H,26,34)(H,28,33). The maximum atomic E-state index is 13.8. The van der Waals surface area contributed by atoms with Gasteiger partial charge in [-0.05, 0) is 37.3 Å². The van der Waals surface area contributed by atoms with E-state index in [2.05, 4.69) is 25.8 Å². The molecule has 0 saturated heterocycles. The van der Waals surface area contributed by atoms with Crippen LogP contribution in [-0.4, -0.2) is 43.2 Å². The Morgan fingerprint density at radius 2 is 1.76 bits per heavy atom. The highest BCUT2D eigenvalue weighted by Crippen LogP contribution is 2.32. The van der Waals surface area contributed by atoms with Crippen LogP contribution in [0.15, 0.2) is 42.6 Å². The zero-order valence-corrected chi connectivity index (χ0v) is 17.8. The van der Waals surface area contributed by atoms with Gasteiger partial charge in [-0.3, -0.25) is 14.3 Å². The highest BCUT2D eigenvalue weighted by molar-refractivity contribution is 6.07. The van der Waals surface area contributed by atoms with Gasteiger partial charge < -0.3 is 10.6 Å². The van der Waals surface area contributed by atoms with Crippen LogP contribution in [0.3, 0.4) is 0 Å². The van der Waals surface area contributed by atoms with Gasteiger partial charge in [0.05, 0.1) is 11.4 Å². The molecule has 0 spiro atoms. The van der Waals surface area contributed by atoms with E-state index < -0.39 is 29.5 Å². The van der Waals surface area contributed by atoms with E-state index in [1.807, 2.05) is 0 Å². The van der Waals surface area contributed by atoms with Crippen molar-refractivity contribution in [3.8, 4) is 11.3 Å². The van der Waals surface area contributed by atoms with Crippen molar-refractivity contribution in [2.45, 2.75) is 19.6 Å². The second-order valence-corrected chi connectivity index (χ2v) is 7.11. The van der Waals surface area contributed by atoms with E-state index in [1.165, 1.54) is 30.1 Å². The van der Waals surface area contributed by atoms with Crippen molar-refractivity contribution in [2.75, 3.05) is 12.4 Å². The molecule has 13 heteroatoms. The van der Waals surface area contributed by atoms with E-state index in [4.69, 9.17) is 0 Å². The summed E-state index contributed by atoms with van der Waals surface area (Å²) in [5, 5.41) is 12.7. The quantitative estimate of drug-likeness (QED) is 0.431. The molecule has 2 N–H and O–H groups in total. The molecule has 3 heterocycles. The van der Waals surface area contributed by atoms with E-state index in [0.717, 1.165) is 24.3 Å². The molecule has 0 unspecified atom stereocenters. The molecule has 0 radical (unpaired) electrons. The van der Waals surface area contributed by atoms with E-state index in [1.54, 1.807) is 6.92 Å². The van der Waals surface area contributed by atoms with Crippen molar-refractivity contribution >= 4 is 23.1 Å². The first-order valence-corrected chi connectivity index (χ1v) is 9.95. The lowest BCUT2D eigenvalue weighted by atomic mass is 10.1. The molecule has 34 heavy (non-hydrogen) atoms. The lowest BCUT2D eigenvalue weighted by molar-refractivity contribution is -0.142. The molecule has 0 aliphatic heterocycles. The van der Waals surface area contributed by atoms with E-state index in [0.29, 0.717) is 11.1 Å². The first-order valence-electron chi connectivity index (χ1n) is 9.95. The fourth-order valence-electron chi connectivity index (χ4n) is 3.20. The molecule has 0 aliphatic carbocycles. The molecular weight excluding hydrogens is 458 g/mol. The van der Waals surface area contributed by atoms with Crippen LogP contribution in [0.4, 0.5) is 23.2 Å². The molecule has 176 valence electrons. The zero-order valence-electron chi connectivity index (χ0n) is 17.8. The summed E-state index contributed by atoms with van der Waals surface area (Å²) in [6, 6.07) is 6.65. The maximum Gasteiger partial charge on any atom is 0.433 e. The molecule has 4 aromatic rings. The second-order valence-electron chi connectivity index (χ2n) is 7.11. The van der Waals surface area contributed by atoms with E-state index in [-0.39, 0.29) is 34.0 Å². The molecule has 3 aromatic heterocycles. The van der Waals surface area contributed by atoms with E-state index in [9.17, 15) is 27.2 Å². The number of rotatable bonds is 5. The van der Waals surface area contributed by atoms with Crippen molar-refractivity contribution in [3.63, 3.8) is 0 Å². The Hall–Kier alpha value is -4.29. The minimum absolute atomic E-state index is 0.0610. The van der Waals surface area contributed by atoms with E-state index >= 15 is 0 Å². The van der Waals surface area contributed by atoms with Crippen LogP contribution >= 0.6 is 0 Å². The summed E-state index contributed by atoms with van der Waals surface area (Å²) < 4.78 is 56.4. The van der Waals surface area contributed by atoms with Gasteiger partial charge >= 0.3 is 6.18 Å². The van der Waals surface area contributed by atoms with Gasteiger partial charge in [-0.1, -0.05) is 0 Å². The second kappa shape index (κ2) is 8.57. The number of alkyl halides is 3. The van der Waals surface area contributed by atoms with Gasteiger partial charge in [-0.15, -0.1) is 0 Å².